The second-order valence-corrected chi connectivity index (χ2v) is 8.13. The van der Waals surface area contributed by atoms with E-state index in [1.54, 1.807) is 18.0 Å². The van der Waals surface area contributed by atoms with Crippen LogP contribution in [0.5, 0.6) is 0 Å². The van der Waals surface area contributed by atoms with Crippen molar-refractivity contribution in [2.75, 3.05) is 32.7 Å². The maximum atomic E-state index is 12.8. The molecule has 0 radical (unpaired) electrons. The molecule has 1 aliphatic heterocycles. The monoisotopic (exact) mass is 372 g/mol. The van der Waals surface area contributed by atoms with Crippen molar-refractivity contribution in [3.8, 4) is 5.69 Å². The number of hydrogen-bond acceptors (Lipinski definition) is 4. The van der Waals surface area contributed by atoms with Gasteiger partial charge in [-0.05, 0) is 44.5 Å². The largest absolute Gasteiger partial charge is 0.339 e. The van der Waals surface area contributed by atoms with Crippen molar-refractivity contribution in [1.82, 2.24) is 19.4 Å². The van der Waals surface area contributed by atoms with Crippen LogP contribution >= 0.6 is 11.8 Å². The molecule has 1 aliphatic rings. The Bertz CT molecular complexity index is 765. The highest BCUT2D eigenvalue weighted by Crippen LogP contribution is 2.28. The van der Waals surface area contributed by atoms with Gasteiger partial charge in [-0.1, -0.05) is 30.8 Å². The molecule has 140 valence electrons. The highest BCUT2D eigenvalue weighted by Gasteiger charge is 2.26. The minimum absolute atomic E-state index is 0.144. The van der Waals surface area contributed by atoms with E-state index in [9.17, 15) is 4.79 Å². The second-order valence-electron chi connectivity index (χ2n) is 6.82. The van der Waals surface area contributed by atoms with Crippen molar-refractivity contribution in [1.29, 1.82) is 0 Å². The van der Waals surface area contributed by atoms with Crippen LogP contribution in [0.2, 0.25) is 0 Å². The SMILES string of the molecule is CCN1CCN(C(=O)[C@@H](C)Sc2nccn2-c2cccc(C)c2C)CC1. The van der Waals surface area contributed by atoms with Crippen molar-refractivity contribution in [3.05, 3.63) is 41.7 Å². The van der Waals surface area contributed by atoms with E-state index in [0.29, 0.717) is 0 Å². The standard InChI is InChI=1S/C20H28N4OS/c1-5-22-11-13-23(14-12-22)19(25)17(4)26-20-21-9-10-24(20)18-8-6-7-15(2)16(18)3/h6-10,17H,5,11-14H2,1-4H3/t17-/m1/s1. The van der Waals surface area contributed by atoms with Gasteiger partial charge in [0, 0.05) is 38.6 Å². The molecule has 1 fully saturated rings. The van der Waals surface area contributed by atoms with Gasteiger partial charge in [-0.25, -0.2) is 4.98 Å². The number of piperazine rings is 1. The van der Waals surface area contributed by atoms with Crippen LogP contribution in [-0.2, 0) is 4.79 Å². The predicted molar refractivity (Wildman–Crippen MR) is 107 cm³/mol. The smallest absolute Gasteiger partial charge is 0.235 e. The van der Waals surface area contributed by atoms with Crippen LogP contribution in [-0.4, -0.2) is 63.2 Å². The number of carbonyl (C=O) groups excluding carboxylic acids is 1. The van der Waals surface area contributed by atoms with Crippen LogP contribution in [0.25, 0.3) is 5.69 Å². The van der Waals surface area contributed by atoms with Crippen LogP contribution in [0, 0.1) is 13.8 Å². The second kappa shape index (κ2) is 8.27. The summed E-state index contributed by atoms with van der Waals surface area (Å²) in [6, 6.07) is 6.28. The molecule has 2 aromatic rings. The van der Waals surface area contributed by atoms with Gasteiger partial charge in [0.1, 0.15) is 0 Å². The Morgan fingerprint density at radius 1 is 1.23 bits per heavy atom. The molecule has 6 heteroatoms. The summed E-state index contributed by atoms with van der Waals surface area (Å²) in [5.74, 6) is 0.210. The average molecular weight is 373 g/mol. The molecule has 2 heterocycles. The van der Waals surface area contributed by atoms with E-state index in [4.69, 9.17) is 0 Å². The van der Waals surface area contributed by atoms with E-state index in [0.717, 1.165) is 43.6 Å². The summed E-state index contributed by atoms with van der Waals surface area (Å²) in [6.45, 7) is 13.0. The number of likely N-dealkylation sites (N-methyl/N-ethyl adjacent to an activating group) is 1. The van der Waals surface area contributed by atoms with Gasteiger partial charge in [0.25, 0.3) is 0 Å². The fraction of sp³-hybridized carbons (Fsp3) is 0.500. The van der Waals surface area contributed by atoms with E-state index < -0.39 is 0 Å². The third-order valence-electron chi connectivity index (χ3n) is 5.20. The third-order valence-corrected chi connectivity index (χ3v) is 6.27. The number of nitrogens with zero attached hydrogens (tertiary/aromatic N) is 4. The molecular weight excluding hydrogens is 344 g/mol. The number of carbonyl (C=O) groups is 1. The summed E-state index contributed by atoms with van der Waals surface area (Å²) in [5, 5.41) is 0.723. The fourth-order valence-corrected chi connectivity index (χ4v) is 4.27. The molecule has 1 aromatic carbocycles. The molecular formula is C20H28N4OS. The first kappa shape index (κ1) is 19.0. The Morgan fingerprint density at radius 2 is 1.96 bits per heavy atom. The normalized spacial score (nSPS) is 16.7. The van der Waals surface area contributed by atoms with E-state index in [2.05, 4.69) is 53.4 Å². The first-order chi connectivity index (χ1) is 12.5. The topological polar surface area (TPSA) is 41.4 Å². The number of amides is 1. The molecule has 0 spiro atoms. The van der Waals surface area contributed by atoms with Crippen molar-refractivity contribution in [2.24, 2.45) is 0 Å². The Balaban J connectivity index is 1.71. The molecule has 0 saturated carbocycles. The summed E-state index contributed by atoms with van der Waals surface area (Å²) < 4.78 is 2.09. The van der Waals surface area contributed by atoms with Gasteiger partial charge < -0.3 is 9.80 Å². The number of imidazole rings is 1. The Labute approximate surface area is 160 Å². The van der Waals surface area contributed by atoms with Gasteiger partial charge in [0.15, 0.2) is 5.16 Å². The molecule has 1 aromatic heterocycles. The molecule has 1 atom stereocenters. The quantitative estimate of drug-likeness (QED) is 0.756. The molecule has 5 nitrogen and oxygen atoms in total. The van der Waals surface area contributed by atoms with Crippen molar-refractivity contribution in [3.63, 3.8) is 0 Å². The van der Waals surface area contributed by atoms with Crippen molar-refractivity contribution < 1.29 is 4.79 Å². The summed E-state index contributed by atoms with van der Waals surface area (Å²) in [7, 11) is 0. The highest BCUT2D eigenvalue weighted by molar-refractivity contribution is 8.00. The van der Waals surface area contributed by atoms with Gasteiger partial charge in [0.2, 0.25) is 5.91 Å². The summed E-state index contributed by atoms with van der Waals surface area (Å²) in [5.41, 5.74) is 3.62. The van der Waals surface area contributed by atoms with Gasteiger partial charge >= 0.3 is 0 Å². The van der Waals surface area contributed by atoms with Gasteiger partial charge in [-0.3, -0.25) is 9.36 Å². The Morgan fingerprint density at radius 3 is 2.65 bits per heavy atom. The lowest BCUT2D eigenvalue weighted by Crippen LogP contribution is -2.50. The molecule has 3 rings (SSSR count). The van der Waals surface area contributed by atoms with Crippen molar-refractivity contribution in [2.45, 2.75) is 38.1 Å². The van der Waals surface area contributed by atoms with E-state index in [1.807, 2.05) is 18.0 Å². The average Bonchev–Trinajstić information content (AvgIpc) is 3.11. The number of hydrogen-bond donors (Lipinski definition) is 0. The molecule has 1 saturated heterocycles. The summed E-state index contributed by atoms with van der Waals surface area (Å²) >= 11 is 1.54. The zero-order valence-electron chi connectivity index (χ0n) is 16.1. The number of aryl methyl sites for hydroxylation is 1. The molecule has 0 unspecified atom stereocenters. The summed E-state index contributed by atoms with van der Waals surface area (Å²) in [4.78, 5) is 21.7. The zero-order valence-corrected chi connectivity index (χ0v) is 16.9. The number of benzene rings is 1. The number of rotatable bonds is 5. The zero-order chi connectivity index (χ0) is 18.7. The number of aromatic nitrogens is 2. The predicted octanol–water partition coefficient (Wildman–Crippen LogP) is 3.13. The fourth-order valence-electron chi connectivity index (χ4n) is 3.31. The molecule has 1 amide bonds. The molecule has 26 heavy (non-hydrogen) atoms. The lowest BCUT2D eigenvalue weighted by Gasteiger charge is -2.35. The third kappa shape index (κ3) is 3.96. The minimum Gasteiger partial charge on any atom is -0.339 e. The van der Waals surface area contributed by atoms with E-state index in [-0.39, 0.29) is 11.2 Å². The Kier molecular flexibility index (Phi) is 6.04. The van der Waals surface area contributed by atoms with Crippen molar-refractivity contribution >= 4 is 17.7 Å². The molecule has 0 bridgehead atoms. The van der Waals surface area contributed by atoms with E-state index in [1.165, 1.54) is 11.1 Å². The maximum absolute atomic E-state index is 12.8. The first-order valence-electron chi connectivity index (χ1n) is 9.29. The molecule has 0 aliphatic carbocycles. The van der Waals surface area contributed by atoms with Crippen LogP contribution in [0.1, 0.15) is 25.0 Å². The van der Waals surface area contributed by atoms with Gasteiger partial charge in [0.05, 0.1) is 10.9 Å². The molecule has 0 N–H and O–H groups in total. The van der Waals surface area contributed by atoms with Crippen LogP contribution < -0.4 is 0 Å². The maximum Gasteiger partial charge on any atom is 0.235 e. The Hall–Kier alpha value is -1.79. The minimum atomic E-state index is -0.144. The number of thioether (sulfide) groups is 1. The first-order valence-corrected chi connectivity index (χ1v) is 10.2. The van der Waals surface area contributed by atoms with E-state index >= 15 is 0 Å². The van der Waals surface area contributed by atoms with Gasteiger partial charge in [-0.2, -0.15) is 0 Å². The van der Waals surface area contributed by atoms with Gasteiger partial charge in [-0.15, -0.1) is 0 Å². The summed E-state index contributed by atoms with van der Waals surface area (Å²) in [6.07, 6.45) is 3.78. The lowest BCUT2D eigenvalue weighted by molar-refractivity contribution is -0.132. The lowest BCUT2D eigenvalue weighted by atomic mass is 10.1. The van der Waals surface area contributed by atoms with Crippen LogP contribution in [0.15, 0.2) is 35.7 Å². The van der Waals surface area contributed by atoms with Crippen LogP contribution in [0.4, 0.5) is 0 Å². The van der Waals surface area contributed by atoms with Crippen LogP contribution in [0.3, 0.4) is 0 Å². The highest BCUT2D eigenvalue weighted by atomic mass is 32.2.